The Morgan fingerprint density at radius 3 is 2.24 bits per heavy atom. The molecule has 296 valence electrons. The summed E-state index contributed by atoms with van der Waals surface area (Å²) in [6.07, 6.45) is -0.0289. The zero-order chi connectivity index (χ0) is 40.4. The molecule has 9 nitrogen and oxygen atoms in total. The van der Waals surface area contributed by atoms with Crippen LogP contribution in [0.1, 0.15) is 43.9 Å². The molecule has 2 amide bonds. The number of amides is 2. The molecule has 0 saturated heterocycles. The first kappa shape index (κ1) is 42.9. The molecule has 13 heteroatoms. The summed E-state index contributed by atoms with van der Waals surface area (Å²) < 4.78 is 62.4. The van der Waals surface area contributed by atoms with Crippen LogP contribution in [0, 0.1) is 0 Å². The summed E-state index contributed by atoms with van der Waals surface area (Å²) in [6, 6.07) is 20.8. The molecule has 0 saturated carbocycles. The van der Waals surface area contributed by atoms with Gasteiger partial charge in [-0.3, -0.25) is 4.79 Å². The molecule has 0 bridgehead atoms. The fraction of sp³-hybridized carbons (Fsp3) is 0.405. The third-order valence-electron chi connectivity index (χ3n) is 8.40. The summed E-state index contributed by atoms with van der Waals surface area (Å²) in [6.45, 7) is 13.5. The topological polar surface area (TPSA) is 86.1 Å². The van der Waals surface area contributed by atoms with Crippen molar-refractivity contribution in [3.63, 3.8) is 0 Å². The average Bonchev–Trinajstić information content (AvgIpc) is 3.50. The highest BCUT2D eigenvalue weighted by atomic mass is 28.3. The average molecular weight is 779 g/mol. The molecule has 0 fully saturated rings. The van der Waals surface area contributed by atoms with Crippen LogP contribution >= 0.6 is 0 Å². The lowest BCUT2D eigenvalue weighted by atomic mass is 9.88. The summed E-state index contributed by atoms with van der Waals surface area (Å²) >= 11 is 0. The number of pyridine rings is 1. The number of aromatic nitrogens is 2. The summed E-state index contributed by atoms with van der Waals surface area (Å²) in [7, 11) is 2.01. The van der Waals surface area contributed by atoms with Gasteiger partial charge in [0.2, 0.25) is 11.8 Å². The molecule has 2 aromatic carbocycles. The maximum atomic E-state index is 14.4. The van der Waals surface area contributed by atoms with E-state index in [2.05, 4.69) is 24.6 Å². The van der Waals surface area contributed by atoms with Crippen LogP contribution in [0.5, 0.6) is 5.88 Å². The lowest BCUT2D eigenvalue weighted by molar-refractivity contribution is -0.124. The highest BCUT2D eigenvalue weighted by Gasteiger charge is 2.32. The van der Waals surface area contributed by atoms with E-state index in [0.717, 1.165) is 16.9 Å². The Morgan fingerprint density at radius 2 is 1.62 bits per heavy atom. The number of benzene rings is 2. The Morgan fingerprint density at radius 1 is 0.909 bits per heavy atom. The molecular formula is C42H53F3N4O5Si. The van der Waals surface area contributed by atoms with Crippen molar-refractivity contribution in [3.05, 3.63) is 108 Å². The van der Waals surface area contributed by atoms with Crippen molar-refractivity contribution in [2.75, 3.05) is 40.4 Å². The second kappa shape index (κ2) is 18.6. The Labute approximate surface area is 323 Å². The van der Waals surface area contributed by atoms with Gasteiger partial charge in [-0.1, -0.05) is 62.1 Å². The molecule has 2 heterocycles. The number of carbonyl (C=O) groups excluding carboxylic acids is 2. The van der Waals surface area contributed by atoms with E-state index in [4.69, 9.17) is 14.2 Å². The van der Waals surface area contributed by atoms with Crippen LogP contribution < -0.4 is 4.74 Å². The van der Waals surface area contributed by atoms with Crippen LogP contribution in [0.2, 0.25) is 25.7 Å². The van der Waals surface area contributed by atoms with Crippen LogP contribution in [-0.4, -0.2) is 91.6 Å². The maximum Gasteiger partial charge on any atom is 0.410 e. The molecule has 55 heavy (non-hydrogen) atoms. The molecule has 4 aromatic rings. The first-order chi connectivity index (χ1) is 25.8. The van der Waals surface area contributed by atoms with Gasteiger partial charge >= 0.3 is 12.3 Å². The first-order valence-electron chi connectivity index (χ1n) is 18.3. The second-order valence-electron chi connectivity index (χ2n) is 15.7. The molecule has 0 radical (unpaired) electrons. The highest BCUT2D eigenvalue weighted by Crippen LogP contribution is 2.40. The first-order valence-corrected chi connectivity index (χ1v) is 22.0. The summed E-state index contributed by atoms with van der Waals surface area (Å²) in [5.41, 5.74) is 2.27. The van der Waals surface area contributed by atoms with Crippen molar-refractivity contribution >= 4 is 42.1 Å². The summed E-state index contributed by atoms with van der Waals surface area (Å²) in [4.78, 5) is 32.1. The molecular weight excluding hydrogens is 726 g/mol. The standard InChI is InChI=1S/C42H53F3N4O5Si/c1-41(2,3)54-40(51)48(21-12-15-38(50)47(4)5)23-24-53-37-19-17-34(29-46-37)35(28-42(43,44)45)39(31-13-10-9-11-14-31)33-16-18-36-32(27-33)20-22-49(36)30-52-25-26-55(6,7)8/h9-20,22,27,29H,21,23-26,28,30H2,1-8H3/b15-12+,39-35+. The predicted octanol–water partition coefficient (Wildman–Crippen LogP) is 9.52. The number of rotatable bonds is 16. The number of alkyl halides is 3. The Bertz CT molecular complexity index is 1940. The predicted molar refractivity (Wildman–Crippen MR) is 214 cm³/mol. The molecule has 0 aliphatic rings. The molecule has 0 unspecified atom stereocenters. The Balaban J connectivity index is 1.62. The van der Waals surface area contributed by atoms with Gasteiger partial charge in [0.1, 0.15) is 18.9 Å². The van der Waals surface area contributed by atoms with Gasteiger partial charge in [-0.2, -0.15) is 13.2 Å². The molecule has 0 N–H and O–H groups in total. The minimum Gasteiger partial charge on any atom is -0.476 e. The number of allylic oxidation sites excluding steroid dienone is 1. The zero-order valence-electron chi connectivity index (χ0n) is 33.1. The van der Waals surface area contributed by atoms with Gasteiger partial charge in [0.15, 0.2) is 0 Å². The third kappa shape index (κ3) is 13.7. The van der Waals surface area contributed by atoms with Gasteiger partial charge in [0, 0.05) is 65.2 Å². The van der Waals surface area contributed by atoms with Crippen LogP contribution in [0.3, 0.4) is 0 Å². The Hall–Kier alpha value is -4.88. The van der Waals surface area contributed by atoms with Gasteiger partial charge in [-0.05, 0) is 78.9 Å². The van der Waals surface area contributed by atoms with Crippen molar-refractivity contribution in [3.8, 4) is 5.88 Å². The van der Waals surface area contributed by atoms with E-state index in [1.165, 1.54) is 28.1 Å². The fourth-order valence-corrected chi connectivity index (χ4v) is 6.34. The molecule has 0 atom stereocenters. The maximum absolute atomic E-state index is 14.4. The van der Waals surface area contributed by atoms with Crippen LogP contribution in [-0.2, 0) is 21.0 Å². The number of fused-ring (bicyclic) bond motifs is 1. The van der Waals surface area contributed by atoms with E-state index in [0.29, 0.717) is 35.6 Å². The SMILES string of the molecule is CN(C)C(=O)/C=C/CN(CCOc1ccc(/C(CC(F)(F)F)=C(\c2ccccc2)c2ccc3c(ccn3COCC[Si](C)(C)C)c2)cn1)C(=O)OC(C)(C)C. The number of likely N-dealkylation sites (N-methyl/N-ethyl adjacent to an activating group) is 1. The van der Waals surface area contributed by atoms with Crippen LogP contribution in [0.25, 0.3) is 22.0 Å². The molecule has 0 aliphatic carbocycles. The highest BCUT2D eigenvalue weighted by molar-refractivity contribution is 6.76. The van der Waals surface area contributed by atoms with E-state index in [-0.39, 0.29) is 37.1 Å². The number of nitrogens with zero attached hydrogens (tertiary/aromatic N) is 4. The van der Waals surface area contributed by atoms with Gasteiger partial charge in [-0.15, -0.1) is 0 Å². The number of carbonyl (C=O) groups is 2. The van der Waals surface area contributed by atoms with E-state index in [9.17, 15) is 22.8 Å². The molecule has 0 aliphatic heterocycles. The van der Waals surface area contributed by atoms with Gasteiger partial charge < -0.3 is 28.6 Å². The number of ether oxygens (including phenoxy) is 3. The van der Waals surface area contributed by atoms with Crippen molar-refractivity contribution in [2.24, 2.45) is 0 Å². The van der Waals surface area contributed by atoms with Crippen molar-refractivity contribution < 1.29 is 37.0 Å². The van der Waals surface area contributed by atoms with E-state index >= 15 is 0 Å². The van der Waals surface area contributed by atoms with Gasteiger partial charge in [0.25, 0.3) is 0 Å². The monoisotopic (exact) mass is 778 g/mol. The summed E-state index contributed by atoms with van der Waals surface area (Å²) in [5, 5.41) is 0.883. The zero-order valence-corrected chi connectivity index (χ0v) is 34.1. The lowest BCUT2D eigenvalue weighted by Crippen LogP contribution is -2.39. The van der Waals surface area contributed by atoms with Crippen LogP contribution in [0.15, 0.2) is 91.3 Å². The number of halogens is 3. The van der Waals surface area contributed by atoms with Crippen molar-refractivity contribution in [1.29, 1.82) is 0 Å². The fourth-order valence-electron chi connectivity index (χ4n) is 5.58. The third-order valence-corrected chi connectivity index (χ3v) is 10.1. The van der Waals surface area contributed by atoms with E-state index < -0.39 is 32.4 Å². The van der Waals surface area contributed by atoms with Crippen molar-refractivity contribution in [1.82, 2.24) is 19.4 Å². The largest absolute Gasteiger partial charge is 0.476 e. The van der Waals surface area contributed by atoms with E-state index in [1.807, 2.05) is 41.1 Å². The molecule has 4 rings (SSSR count). The van der Waals surface area contributed by atoms with Gasteiger partial charge in [0.05, 0.1) is 18.5 Å². The minimum absolute atomic E-state index is 0.0184. The quantitative estimate of drug-likeness (QED) is 0.0640. The normalized spacial score (nSPS) is 12.9. The summed E-state index contributed by atoms with van der Waals surface area (Å²) in [5.74, 6) is -0.0546. The second-order valence-corrected chi connectivity index (χ2v) is 21.3. The smallest absolute Gasteiger partial charge is 0.410 e. The minimum atomic E-state index is -4.51. The number of hydrogen-bond donors (Lipinski definition) is 0. The number of hydrogen-bond acceptors (Lipinski definition) is 6. The lowest BCUT2D eigenvalue weighted by Gasteiger charge is -2.26. The van der Waals surface area contributed by atoms with Crippen molar-refractivity contribution in [2.45, 2.75) is 71.4 Å². The Kier molecular flexibility index (Phi) is 14.5. The van der Waals surface area contributed by atoms with Gasteiger partial charge in [-0.25, -0.2) is 9.78 Å². The molecule has 2 aromatic heterocycles. The van der Waals surface area contributed by atoms with Crippen LogP contribution in [0.4, 0.5) is 18.0 Å². The van der Waals surface area contributed by atoms with E-state index in [1.54, 1.807) is 71.3 Å². The molecule has 0 spiro atoms.